The Morgan fingerprint density at radius 3 is 2.52 bits per heavy atom. The number of hydrogen-bond donors (Lipinski definition) is 0. The van der Waals surface area contributed by atoms with E-state index in [0.717, 1.165) is 23.3 Å². The highest BCUT2D eigenvalue weighted by Gasteiger charge is 2.29. The highest BCUT2D eigenvalue weighted by Crippen LogP contribution is 2.34. The smallest absolute Gasteiger partial charge is 0.262 e. The summed E-state index contributed by atoms with van der Waals surface area (Å²) in [5.74, 6) is 0.843. The number of benzene rings is 2. The lowest BCUT2D eigenvalue weighted by Gasteiger charge is -2.21. The summed E-state index contributed by atoms with van der Waals surface area (Å²) < 4.78 is 34.9. The van der Waals surface area contributed by atoms with Crippen LogP contribution in [0.1, 0.15) is 29.8 Å². The van der Waals surface area contributed by atoms with Crippen molar-refractivity contribution in [2.24, 2.45) is 0 Å². The molecule has 144 valence electrons. The van der Waals surface area contributed by atoms with E-state index in [2.05, 4.69) is 0 Å². The summed E-state index contributed by atoms with van der Waals surface area (Å²) in [5, 5.41) is 0. The van der Waals surface area contributed by atoms with Gasteiger partial charge in [0, 0.05) is 18.5 Å². The minimum Gasteiger partial charge on any atom is -0.497 e. The van der Waals surface area contributed by atoms with Crippen LogP contribution in [-0.4, -0.2) is 40.3 Å². The lowest BCUT2D eigenvalue weighted by molar-refractivity contribution is 0.0983. The average molecular weight is 389 g/mol. The van der Waals surface area contributed by atoms with Crippen LogP contribution in [0.3, 0.4) is 0 Å². The number of anilines is 1. The molecular formula is C20H23NO5S. The maximum Gasteiger partial charge on any atom is 0.262 e. The maximum absolute atomic E-state index is 13.3. The zero-order valence-corrected chi connectivity index (χ0v) is 16.7. The Bertz CT molecular complexity index is 982. The Morgan fingerprint density at radius 2 is 1.89 bits per heavy atom. The Balaban J connectivity index is 2.04. The van der Waals surface area contributed by atoms with Crippen LogP contribution in [0.4, 0.5) is 5.69 Å². The van der Waals surface area contributed by atoms with Crippen molar-refractivity contribution in [2.75, 3.05) is 24.8 Å². The zero-order valence-electron chi connectivity index (χ0n) is 15.9. The number of fused-ring (bicyclic) bond motifs is 1. The maximum atomic E-state index is 13.3. The van der Waals surface area contributed by atoms with E-state index in [9.17, 15) is 13.2 Å². The van der Waals surface area contributed by atoms with E-state index in [0.29, 0.717) is 18.7 Å². The quantitative estimate of drug-likeness (QED) is 0.786. The molecule has 1 amide bonds. The average Bonchev–Trinajstić information content (AvgIpc) is 3.03. The van der Waals surface area contributed by atoms with E-state index in [1.807, 2.05) is 32.0 Å². The molecule has 3 rings (SSSR count). The van der Waals surface area contributed by atoms with Gasteiger partial charge in [-0.05, 0) is 62.2 Å². The molecule has 2 aromatic rings. The molecule has 0 atom stereocenters. The van der Waals surface area contributed by atoms with Crippen LogP contribution in [0, 0.1) is 0 Å². The fraction of sp³-hybridized carbons (Fsp3) is 0.350. The monoisotopic (exact) mass is 389 g/mol. The van der Waals surface area contributed by atoms with Crippen LogP contribution >= 0.6 is 0 Å². The van der Waals surface area contributed by atoms with Gasteiger partial charge in [0.1, 0.15) is 11.5 Å². The van der Waals surface area contributed by atoms with Gasteiger partial charge in [0.15, 0.2) is 9.84 Å². The summed E-state index contributed by atoms with van der Waals surface area (Å²) >= 11 is 0. The minimum atomic E-state index is -3.44. The van der Waals surface area contributed by atoms with E-state index in [-0.39, 0.29) is 22.5 Å². The van der Waals surface area contributed by atoms with Crippen molar-refractivity contribution in [3.63, 3.8) is 0 Å². The van der Waals surface area contributed by atoms with Gasteiger partial charge in [0.2, 0.25) is 0 Å². The van der Waals surface area contributed by atoms with Crippen LogP contribution in [0.2, 0.25) is 0 Å². The number of nitrogens with zero attached hydrogens (tertiary/aromatic N) is 1. The van der Waals surface area contributed by atoms with Gasteiger partial charge >= 0.3 is 0 Å². The van der Waals surface area contributed by atoms with Crippen molar-refractivity contribution < 1.29 is 22.7 Å². The van der Waals surface area contributed by atoms with Crippen LogP contribution in [-0.2, 0) is 16.3 Å². The fourth-order valence-electron chi connectivity index (χ4n) is 3.13. The van der Waals surface area contributed by atoms with Crippen molar-refractivity contribution in [1.82, 2.24) is 0 Å². The SMILES string of the molecule is COc1ccc2c(c1)CCN2C(=O)c1cc(S(C)(=O)=O)ccc1OC(C)C. The predicted molar refractivity (Wildman–Crippen MR) is 104 cm³/mol. The number of hydrogen-bond acceptors (Lipinski definition) is 5. The van der Waals surface area contributed by atoms with Crippen LogP contribution in [0.25, 0.3) is 0 Å². The van der Waals surface area contributed by atoms with Gasteiger partial charge in [0.25, 0.3) is 5.91 Å². The number of ether oxygens (including phenoxy) is 2. The highest BCUT2D eigenvalue weighted by molar-refractivity contribution is 7.90. The largest absolute Gasteiger partial charge is 0.497 e. The van der Waals surface area contributed by atoms with Gasteiger partial charge in [-0.1, -0.05) is 0 Å². The molecule has 6 nitrogen and oxygen atoms in total. The topological polar surface area (TPSA) is 72.9 Å². The standard InChI is InChI=1S/C20H23NO5S/c1-13(2)26-19-8-6-16(27(4,23)24)12-17(19)20(22)21-10-9-14-11-15(25-3)5-7-18(14)21/h5-8,11-13H,9-10H2,1-4H3. The van der Waals surface area contributed by atoms with Crippen LogP contribution in [0.15, 0.2) is 41.3 Å². The Kier molecular flexibility index (Phi) is 5.15. The molecule has 2 aromatic carbocycles. The number of amides is 1. The summed E-state index contributed by atoms with van der Waals surface area (Å²) in [4.78, 5) is 15.0. The Hall–Kier alpha value is -2.54. The Morgan fingerprint density at radius 1 is 1.15 bits per heavy atom. The molecule has 0 aromatic heterocycles. The summed E-state index contributed by atoms with van der Waals surface area (Å²) in [6.07, 6.45) is 1.69. The molecule has 1 aliphatic heterocycles. The number of carbonyl (C=O) groups excluding carboxylic acids is 1. The number of rotatable bonds is 5. The number of sulfone groups is 1. The zero-order chi connectivity index (χ0) is 19.8. The number of methoxy groups -OCH3 is 1. The molecule has 0 bridgehead atoms. The molecule has 0 aliphatic carbocycles. The molecule has 0 fully saturated rings. The highest BCUT2D eigenvalue weighted by atomic mass is 32.2. The summed E-state index contributed by atoms with van der Waals surface area (Å²) in [5.41, 5.74) is 2.07. The lowest BCUT2D eigenvalue weighted by atomic mass is 10.1. The molecule has 1 heterocycles. The first-order chi connectivity index (χ1) is 12.7. The third-order valence-corrected chi connectivity index (χ3v) is 5.51. The van der Waals surface area contributed by atoms with Gasteiger partial charge in [0.05, 0.1) is 23.7 Å². The lowest BCUT2D eigenvalue weighted by Crippen LogP contribution is -2.29. The van der Waals surface area contributed by atoms with Crippen molar-refractivity contribution in [1.29, 1.82) is 0 Å². The summed E-state index contributed by atoms with van der Waals surface area (Å²) in [6.45, 7) is 4.23. The van der Waals surface area contributed by atoms with E-state index in [4.69, 9.17) is 9.47 Å². The molecular weight excluding hydrogens is 366 g/mol. The fourth-order valence-corrected chi connectivity index (χ4v) is 3.77. The molecule has 0 radical (unpaired) electrons. The van der Waals surface area contributed by atoms with Crippen molar-refractivity contribution in [2.45, 2.75) is 31.3 Å². The van der Waals surface area contributed by atoms with Crippen molar-refractivity contribution in [3.05, 3.63) is 47.5 Å². The van der Waals surface area contributed by atoms with Gasteiger partial charge in [-0.15, -0.1) is 0 Å². The second-order valence-corrected chi connectivity index (χ2v) is 8.81. The van der Waals surface area contributed by atoms with Crippen molar-refractivity contribution >= 4 is 21.4 Å². The minimum absolute atomic E-state index is 0.0936. The summed E-state index contributed by atoms with van der Waals surface area (Å²) in [6, 6.07) is 9.99. The molecule has 0 N–H and O–H groups in total. The third-order valence-electron chi connectivity index (χ3n) is 4.40. The van der Waals surface area contributed by atoms with Gasteiger partial charge in [-0.3, -0.25) is 4.79 Å². The molecule has 7 heteroatoms. The van der Waals surface area contributed by atoms with E-state index >= 15 is 0 Å². The van der Waals surface area contributed by atoms with Gasteiger partial charge in [-0.2, -0.15) is 0 Å². The van der Waals surface area contributed by atoms with Crippen LogP contribution < -0.4 is 14.4 Å². The molecule has 1 aliphatic rings. The Labute approximate surface area is 159 Å². The van der Waals surface area contributed by atoms with Crippen molar-refractivity contribution in [3.8, 4) is 11.5 Å². The van der Waals surface area contributed by atoms with Gasteiger partial charge < -0.3 is 14.4 Å². The molecule has 0 unspecified atom stereocenters. The number of carbonyl (C=O) groups is 1. The third kappa shape index (κ3) is 3.93. The molecule has 0 saturated heterocycles. The second-order valence-electron chi connectivity index (χ2n) is 6.80. The normalized spacial score (nSPS) is 13.6. The molecule has 0 spiro atoms. The van der Waals surface area contributed by atoms with Gasteiger partial charge in [-0.25, -0.2) is 8.42 Å². The first-order valence-electron chi connectivity index (χ1n) is 8.70. The first kappa shape index (κ1) is 19.2. The van der Waals surface area contributed by atoms with E-state index in [1.54, 1.807) is 18.1 Å². The molecule has 27 heavy (non-hydrogen) atoms. The van der Waals surface area contributed by atoms with E-state index < -0.39 is 9.84 Å². The van der Waals surface area contributed by atoms with E-state index in [1.165, 1.54) is 12.1 Å². The predicted octanol–water partition coefficient (Wildman–Crippen LogP) is 3.09. The summed E-state index contributed by atoms with van der Waals surface area (Å²) in [7, 11) is -1.84. The molecule has 0 saturated carbocycles. The second kappa shape index (κ2) is 7.23. The van der Waals surface area contributed by atoms with Crippen LogP contribution in [0.5, 0.6) is 11.5 Å². The first-order valence-corrected chi connectivity index (χ1v) is 10.6.